The highest BCUT2D eigenvalue weighted by Crippen LogP contribution is 2.28. The lowest BCUT2D eigenvalue weighted by atomic mass is 10.0. The van der Waals surface area contributed by atoms with Crippen LogP contribution >= 0.6 is 0 Å². The first-order chi connectivity index (χ1) is 8.52. The van der Waals surface area contributed by atoms with E-state index in [1.807, 2.05) is 0 Å². The van der Waals surface area contributed by atoms with Crippen LogP contribution in [0.5, 0.6) is 0 Å². The molecule has 1 nitrogen and oxygen atoms in total. The molecule has 0 aromatic heterocycles. The molecule has 0 aliphatic heterocycles. The molecule has 0 aliphatic carbocycles. The normalized spacial score (nSPS) is 12.5. The summed E-state index contributed by atoms with van der Waals surface area (Å²) in [7, 11) is 0. The van der Waals surface area contributed by atoms with E-state index in [2.05, 4.69) is 0 Å². The van der Waals surface area contributed by atoms with E-state index in [4.69, 9.17) is 0 Å². The second-order valence-corrected chi connectivity index (χ2v) is 3.69. The second kappa shape index (κ2) is 4.78. The van der Waals surface area contributed by atoms with Crippen LogP contribution in [0.4, 0.5) is 17.6 Å². The van der Waals surface area contributed by atoms with E-state index in [0.717, 1.165) is 12.1 Å². The average molecular weight is 256 g/mol. The molecule has 0 heterocycles. The molecule has 0 saturated carbocycles. The summed E-state index contributed by atoms with van der Waals surface area (Å²) in [6, 6.07) is 6.71. The lowest BCUT2D eigenvalue weighted by molar-refractivity contribution is 0.207. The van der Waals surface area contributed by atoms with Crippen molar-refractivity contribution in [3.05, 3.63) is 70.8 Å². The predicted molar refractivity (Wildman–Crippen MR) is 56.8 cm³/mol. The Labute approximate surface area is 100 Å². The van der Waals surface area contributed by atoms with E-state index in [0.29, 0.717) is 6.07 Å². The van der Waals surface area contributed by atoms with Crippen molar-refractivity contribution in [2.75, 3.05) is 0 Å². The van der Waals surface area contributed by atoms with Crippen LogP contribution in [0, 0.1) is 23.3 Å². The summed E-state index contributed by atoms with van der Waals surface area (Å²) in [6.45, 7) is 0. The fraction of sp³-hybridized carbons (Fsp3) is 0.0769. The molecule has 0 spiro atoms. The fourth-order valence-electron chi connectivity index (χ4n) is 1.62. The van der Waals surface area contributed by atoms with E-state index in [1.165, 1.54) is 18.2 Å². The van der Waals surface area contributed by atoms with Gasteiger partial charge in [0.05, 0.1) is 0 Å². The highest BCUT2D eigenvalue weighted by molar-refractivity contribution is 5.32. The van der Waals surface area contributed by atoms with Crippen molar-refractivity contribution in [1.29, 1.82) is 0 Å². The highest BCUT2D eigenvalue weighted by atomic mass is 19.2. The van der Waals surface area contributed by atoms with E-state index in [9.17, 15) is 22.7 Å². The zero-order valence-electron chi connectivity index (χ0n) is 9.00. The van der Waals surface area contributed by atoms with Crippen molar-refractivity contribution >= 4 is 0 Å². The van der Waals surface area contributed by atoms with Crippen LogP contribution in [0.25, 0.3) is 0 Å². The molecule has 0 fully saturated rings. The van der Waals surface area contributed by atoms with Gasteiger partial charge in [0.2, 0.25) is 0 Å². The molecule has 2 aromatic carbocycles. The number of hydrogen-bond donors (Lipinski definition) is 1. The van der Waals surface area contributed by atoms with Gasteiger partial charge in [0, 0.05) is 11.1 Å². The Morgan fingerprint density at radius 1 is 0.722 bits per heavy atom. The lowest BCUT2D eigenvalue weighted by Crippen LogP contribution is -2.07. The first kappa shape index (κ1) is 12.6. The summed E-state index contributed by atoms with van der Waals surface area (Å²) in [5, 5.41) is 9.80. The van der Waals surface area contributed by atoms with Gasteiger partial charge in [0.15, 0.2) is 17.5 Å². The van der Waals surface area contributed by atoms with Crippen LogP contribution in [0.15, 0.2) is 36.4 Å². The van der Waals surface area contributed by atoms with Gasteiger partial charge >= 0.3 is 0 Å². The number of halogens is 4. The summed E-state index contributed by atoms with van der Waals surface area (Å²) in [5.74, 6) is -5.33. The van der Waals surface area contributed by atoms with Crippen molar-refractivity contribution < 1.29 is 22.7 Å². The van der Waals surface area contributed by atoms with Gasteiger partial charge < -0.3 is 5.11 Å². The van der Waals surface area contributed by atoms with Crippen LogP contribution in [-0.2, 0) is 0 Å². The van der Waals surface area contributed by atoms with Crippen LogP contribution in [-0.4, -0.2) is 5.11 Å². The molecule has 1 N–H and O–H groups in total. The monoisotopic (exact) mass is 256 g/mol. The number of aliphatic hydroxyl groups excluding tert-OH is 1. The van der Waals surface area contributed by atoms with Gasteiger partial charge in [-0.1, -0.05) is 24.3 Å². The Morgan fingerprint density at radius 2 is 1.39 bits per heavy atom. The molecule has 0 saturated heterocycles. The molecule has 94 valence electrons. The van der Waals surface area contributed by atoms with E-state index >= 15 is 0 Å². The van der Waals surface area contributed by atoms with Gasteiger partial charge in [-0.15, -0.1) is 0 Å². The van der Waals surface area contributed by atoms with Crippen molar-refractivity contribution in [3.8, 4) is 0 Å². The zero-order chi connectivity index (χ0) is 13.3. The maximum Gasteiger partial charge on any atom is 0.194 e. The third-order valence-corrected chi connectivity index (χ3v) is 2.56. The molecule has 0 aliphatic rings. The summed E-state index contributed by atoms with van der Waals surface area (Å²) in [4.78, 5) is 0. The number of rotatable bonds is 2. The third kappa shape index (κ3) is 2.09. The minimum atomic E-state index is -1.69. The second-order valence-electron chi connectivity index (χ2n) is 3.69. The Kier molecular flexibility index (Phi) is 3.34. The molecule has 1 unspecified atom stereocenters. The van der Waals surface area contributed by atoms with E-state index < -0.39 is 34.9 Å². The molecule has 0 bridgehead atoms. The first-order valence-corrected chi connectivity index (χ1v) is 5.08. The number of aliphatic hydroxyl groups is 1. The average Bonchev–Trinajstić information content (AvgIpc) is 2.36. The maximum absolute atomic E-state index is 13.4. The SMILES string of the molecule is OC(c1ccccc1F)c1ccc(F)c(F)c1F. The summed E-state index contributed by atoms with van der Waals surface area (Å²) in [6.07, 6.45) is -1.69. The van der Waals surface area contributed by atoms with Gasteiger partial charge in [0.1, 0.15) is 11.9 Å². The minimum absolute atomic E-state index is 0.206. The number of benzene rings is 2. The van der Waals surface area contributed by atoms with Gasteiger partial charge in [0.25, 0.3) is 0 Å². The smallest absolute Gasteiger partial charge is 0.194 e. The van der Waals surface area contributed by atoms with Crippen LogP contribution in [0.1, 0.15) is 17.2 Å². The molecule has 0 radical (unpaired) electrons. The van der Waals surface area contributed by atoms with Crippen molar-refractivity contribution in [1.82, 2.24) is 0 Å². The molecule has 5 heteroatoms. The first-order valence-electron chi connectivity index (χ1n) is 5.08. The third-order valence-electron chi connectivity index (χ3n) is 2.56. The van der Waals surface area contributed by atoms with Gasteiger partial charge in [-0.25, -0.2) is 17.6 Å². The molecule has 0 amide bonds. The summed E-state index contributed by atoms with van der Waals surface area (Å²) >= 11 is 0. The molecule has 1 atom stereocenters. The quantitative estimate of drug-likeness (QED) is 0.645. The van der Waals surface area contributed by atoms with Crippen LogP contribution < -0.4 is 0 Å². The Balaban J connectivity index is 2.50. The van der Waals surface area contributed by atoms with Crippen LogP contribution in [0.3, 0.4) is 0 Å². The topological polar surface area (TPSA) is 20.2 Å². The Morgan fingerprint density at radius 3 is 2.06 bits per heavy atom. The standard InChI is InChI=1S/C13H8F4O/c14-9-4-2-1-3-7(9)13(18)8-5-6-10(15)12(17)11(8)16/h1-6,13,18H. The van der Waals surface area contributed by atoms with Gasteiger partial charge in [-0.2, -0.15) is 0 Å². The van der Waals surface area contributed by atoms with Crippen LogP contribution in [0.2, 0.25) is 0 Å². The van der Waals surface area contributed by atoms with E-state index in [1.54, 1.807) is 0 Å². The fourth-order valence-corrected chi connectivity index (χ4v) is 1.62. The minimum Gasteiger partial charge on any atom is -0.383 e. The molecule has 2 rings (SSSR count). The Bertz CT molecular complexity index is 583. The lowest BCUT2D eigenvalue weighted by Gasteiger charge is -2.13. The largest absolute Gasteiger partial charge is 0.383 e. The summed E-state index contributed by atoms with van der Waals surface area (Å²) in [5.41, 5.74) is -0.721. The highest BCUT2D eigenvalue weighted by Gasteiger charge is 2.22. The van der Waals surface area contributed by atoms with Gasteiger partial charge in [-0.3, -0.25) is 0 Å². The van der Waals surface area contributed by atoms with Gasteiger partial charge in [-0.05, 0) is 12.1 Å². The Hall–Kier alpha value is -1.88. The van der Waals surface area contributed by atoms with Crippen molar-refractivity contribution in [3.63, 3.8) is 0 Å². The number of hydrogen-bond acceptors (Lipinski definition) is 1. The predicted octanol–water partition coefficient (Wildman–Crippen LogP) is 3.32. The zero-order valence-corrected chi connectivity index (χ0v) is 9.00. The molecular weight excluding hydrogens is 248 g/mol. The molecule has 2 aromatic rings. The molecule has 18 heavy (non-hydrogen) atoms. The van der Waals surface area contributed by atoms with Crippen molar-refractivity contribution in [2.24, 2.45) is 0 Å². The van der Waals surface area contributed by atoms with E-state index in [-0.39, 0.29) is 5.56 Å². The molecular formula is C13H8F4O. The summed E-state index contributed by atoms with van der Waals surface area (Å²) < 4.78 is 52.6. The maximum atomic E-state index is 13.4. The van der Waals surface area contributed by atoms with Crippen molar-refractivity contribution in [2.45, 2.75) is 6.10 Å².